The maximum Gasteiger partial charge on any atom is 0.118 e. The molecule has 1 fully saturated rings. The number of hydrogen-bond acceptors (Lipinski definition) is 3. The Kier molecular flexibility index (Phi) is 7.14. The Labute approximate surface area is 171 Å². The monoisotopic (exact) mass is 380 g/mol. The molecule has 0 amide bonds. The average molecular weight is 381 g/mol. The molecule has 1 heterocycles. The number of piperidine rings is 1. The molecule has 3 nitrogen and oxygen atoms in total. The van der Waals surface area contributed by atoms with Gasteiger partial charge in [0.05, 0.1) is 7.11 Å². The van der Waals surface area contributed by atoms with Gasteiger partial charge in [0.25, 0.3) is 0 Å². The SMILES string of the molecule is COc1ccc(CNCC[C@@]2(Cc3ccccc3)C[C@H](C)N(C)C[C@H]2C)cc1. The van der Waals surface area contributed by atoms with Gasteiger partial charge in [-0.15, -0.1) is 0 Å². The van der Waals surface area contributed by atoms with Crippen molar-refractivity contribution in [3.63, 3.8) is 0 Å². The minimum Gasteiger partial charge on any atom is -0.497 e. The van der Waals surface area contributed by atoms with Gasteiger partial charge in [0.1, 0.15) is 5.75 Å². The van der Waals surface area contributed by atoms with Crippen molar-refractivity contribution in [2.24, 2.45) is 11.3 Å². The van der Waals surface area contributed by atoms with Crippen LogP contribution in [0.1, 0.15) is 37.8 Å². The molecule has 3 rings (SSSR count). The molecule has 1 saturated heterocycles. The fourth-order valence-corrected chi connectivity index (χ4v) is 4.75. The summed E-state index contributed by atoms with van der Waals surface area (Å²) in [6.07, 6.45) is 3.67. The lowest BCUT2D eigenvalue weighted by Crippen LogP contribution is -2.51. The Hall–Kier alpha value is -1.84. The summed E-state index contributed by atoms with van der Waals surface area (Å²) in [6, 6.07) is 20.1. The van der Waals surface area contributed by atoms with Crippen molar-refractivity contribution in [1.29, 1.82) is 0 Å². The average Bonchev–Trinajstić information content (AvgIpc) is 2.71. The van der Waals surface area contributed by atoms with Crippen LogP contribution in [-0.4, -0.2) is 38.2 Å². The lowest BCUT2D eigenvalue weighted by Gasteiger charge is -2.49. The Morgan fingerprint density at radius 2 is 1.75 bits per heavy atom. The van der Waals surface area contributed by atoms with Crippen LogP contribution in [0.15, 0.2) is 54.6 Å². The zero-order valence-corrected chi connectivity index (χ0v) is 17.9. The number of rotatable bonds is 8. The molecular weight excluding hydrogens is 344 g/mol. The first kappa shape index (κ1) is 20.9. The van der Waals surface area contributed by atoms with E-state index >= 15 is 0 Å². The van der Waals surface area contributed by atoms with E-state index in [1.54, 1.807) is 7.11 Å². The molecule has 0 saturated carbocycles. The molecule has 0 aliphatic carbocycles. The van der Waals surface area contributed by atoms with Gasteiger partial charge in [-0.2, -0.15) is 0 Å². The van der Waals surface area contributed by atoms with Crippen LogP contribution in [0.5, 0.6) is 5.75 Å². The van der Waals surface area contributed by atoms with Crippen LogP contribution in [0.4, 0.5) is 0 Å². The molecule has 0 spiro atoms. The van der Waals surface area contributed by atoms with Crippen LogP contribution in [0, 0.1) is 11.3 Å². The van der Waals surface area contributed by atoms with Gasteiger partial charge < -0.3 is 15.0 Å². The van der Waals surface area contributed by atoms with Gasteiger partial charge in [0.2, 0.25) is 0 Å². The van der Waals surface area contributed by atoms with Crippen molar-refractivity contribution in [2.45, 2.75) is 45.7 Å². The summed E-state index contributed by atoms with van der Waals surface area (Å²) in [5.74, 6) is 1.61. The van der Waals surface area contributed by atoms with Crippen LogP contribution in [0.3, 0.4) is 0 Å². The molecule has 28 heavy (non-hydrogen) atoms. The normalized spacial score (nSPS) is 25.6. The number of benzene rings is 2. The third kappa shape index (κ3) is 5.15. The van der Waals surface area contributed by atoms with Gasteiger partial charge in [0, 0.05) is 19.1 Å². The predicted octanol–water partition coefficient (Wildman–Crippen LogP) is 4.76. The van der Waals surface area contributed by atoms with E-state index < -0.39 is 0 Å². The van der Waals surface area contributed by atoms with Crippen LogP contribution in [0.25, 0.3) is 0 Å². The van der Waals surface area contributed by atoms with E-state index in [9.17, 15) is 0 Å². The standard InChI is InChI=1S/C25H36N2O/c1-20-19-27(3)21(2)16-25(20,17-22-8-6-5-7-9-22)14-15-26-18-23-10-12-24(28-4)13-11-23/h5-13,20-21,26H,14-19H2,1-4H3/t20-,21+,25+/m1/s1. The second kappa shape index (κ2) is 9.58. The summed E-state index contributed by atoms with van der Waals surface area (Å²) in [5, 5.41) is 3.69. The van der Waals surface area contributed by atoms with Gasteiger partial charge >= 0.3 is 0 Å². The Morgan fingerprint density at radius 3 is 2.43 bits per heavy atom. The van der Waals surface area contributed by atoms with E-state index in [1.807, 2.05) is 12.1 Å². The summed E-state index contributed by atoms with van der Waals surface area (Å²) >= 11 is 0. The predicted molar refractivity (Wildman–Crippen MR) is 118 cm³/mol. The van der Waals surface area contributed by atoms with Crippen LogP contribution in [-0.2, 0) is 13.0 Å². The van der Waals surface area contributed by atoms with Gasteiger partial charge in [-0.05, 0) is 74.4 Å². The third-order valence-electron chi connectivity index (χ3n) is 6.75. The van der Waals surface area contributed by atoms with Crippen LogP contribution in [0.2, 0.25) is 0 Å². The fourth-order valence-electron chi connectivity index (χ4n) is 4.75. The first-order valence-corrected chi connectivity index (χ1v) is 10.6. The molecule has 0 unspecified atom stereocenters. The van der Waals surface area contributed by atoms with E-state index in [0.29, 0.717) is 17.4 Å². The topological polar surface area (TPSA) is 24.5 Å². The van der Waals surface area contributed by atoms with Gasteiger partial charge in [0.15, 0.2) is 0 Å². The Balaban J connectivity index is 1.63. The molecule has 152 valence electrons. The van der Waals surface area contributed by atoms with E-state index in [4.69, 9.17) is 4.74 Å². The van der Waals surface area contributed by atoms with Crippen molar-refractivity contribution in [1.82, 2.24) is 10.2 Å². The molecule has 2 aromatic rings. The fraction of sp³-hybridized carbons (Fsp3) is 0.520. The Bertz CT molecular complexity index is 715. The zero-order valence-electron chi connectivity index (χ0n) is 17.9. The molecule has 2 aromatic carbocycles. The highest BCUT2D eigenvalue weighted by molar-refractivity contribution is 5.27. The summed E-state index contributed by atoms with van der Waals surface area (Å²) in [5.41, 5.74) is 3.14. The lowest BCUT2D eigenvalue weighted by molar-refractivity contribution is 0.0132. The summed E-state index contributed by atoms with van der Waals surface area (Å²) in [7, 11) is 3.98. The first-order chi connectivity index (χ1) is 13.5. The first-order valence-electron chi connectivity index (χ1n) is 10.6. The van der Waals surface area contributed by atoms with Gasteiger partial charge in [-0.25, -0.2) is 0 Å². The number of nitrogens with zero attached hydrogens (tertiary/aromatic N) is 1. The quantitative estimate of drug-likeness (QED) is 0.668. The summed E-state index contributed by atoms with van der Waals surface area (Å²) in [4.78, 5) is 2.53. The molecule has 1 N–H and O–H groups in total. The van der Waals surface area contributed by atoms with Gasteiger partial charge in [-0.3, -0.25) is 0 Å². The van der Waals surface area contributed by atoms with Gasteiger partial charge in [-0.1, -0.05) is 49.4 Å². The number of likely N-dealkylation sites (tertiary alicyclic amines) is 1. The van der Waals surface area contributed by atoms with Crippen LogP contribution >= 0.6 is 0 Å². The maximum atomic E-state index is 5.25. The lowest BCUT2D eigenvalue weighted by atomic mass is 9.63. The molecule has 3 atom stereocenters. The number of methoxy groups -OCH3 is 1. The molecule has 0 radical (unpaired) electrons. The Morgan fingerprint density at radius 1 is 1.04 bits per heavy atom. The molecule has 1 aliphatic heterocycles. The number of ether oxygens (including phenoxy) is 1. The highest BCUT2D eigenvalue weighted by Crippen LogP contribution is 2.44. The van der Waals surface area contributed by atoms with Crippen LogP contribution < -0.4 is 10.1 Å². The molecule has 0 bridgehead atoms. The minimum atomic E-state index is 0.361. The van der Waals surface area contributed by atoms with Crippen molar-refractivity contribution < 1.29 is 4.74 Å². The van der Waals surface area contributed by atoms with E-state index in [-0.39, 0.29) is 0 Å². The van der Waals surface area contributed by atoms with E-state index in [2.05, 4.69) is 73.6 Å². The molecule has 3 heteroatoms. The van der Waals surface area contributed by atoms with Crippen molar-refractivity contribution in [3.8, 4) is 5.75 Å². The molecule has 1 aliphatic rings. The molecule has 0 aromatic heterocycles. The van der Waals surface area contributed by atoms with E-state index in [0.717, 1.165) is 18.8 Å². The minimum absolute atomic E-state index is 0.361. The maximum absolute atomic E-state index is 5.25. The highest BCUT2D eigenvalue weighted by atomic mass is 16.5. The van der Waals surface area contributed by atoms with Crippen molar-refractivity contribution in [3.05, 3.63) is 65.7 Å². The zero-order chi connectivity index (χ0) is 20.0. The molecular formula is C25H36N2O. The summed E-state index contributed by atoms with van der Waals surface area (Å²) in [6.45, 7) is 7.99. The highest BCUT2D eigenvalue weighted by Gasteiger charge is 2.42. The number of nitrogens with one attached hydrogen (secondary N) is 1. The smallest absolute Gasteiger partial charge is 0.118 e. The second-order valence-corrected chi connectivity index (χ2v) is 8.69. The third-order valence-corrected chi connectivity index (χ3v) is 6.75. The largest absolute Gasteiger partial charge is 0.497 e. The van der Waals surface area contributed by atoms with Crippen molar-refractivity contribution in [2.75, 3.05) is 27.2 Å². The van der Waals surface area contributed by atoms with Crippen molar-refractivity contribution >= 4 is 0 Å². The number of hydrogen-bond donors (Lipinski definition) is 1. The van der Waals surface area contributed by atoms with E-state index in [1.165, 1.54) is 36.9 Å². The second-order valence-electron chi connectivity index (χ2n) is 8.69. The summed E-state index contributed by atoms with van der Waals surface area (Å²) < 4.78 is 5.25.